The van der Waals surface area contributed by atoms with Gasteiger partial charge in [0, 0.05) is 6.20 Å². The number of hydrogen-bond donors (Lipinski definition) is 1. The van der Waals surface area contributed by atoms with Crippen LogP contribution in [-0.2, 0) is 4.79 Å². The number of carboxylic acid groups (broad SMARTS) is 1. The lowest BCUT2D eigenvalue weighted by atomic mass is 10.2. The number of halogens is 1. The van der Waals surface area contributed by atoms with E-state index < -0.39 is 11.9 Å². The van der Waals surface area contributed by atoms with Gasteiger partial charge in [-0.25, -0.2) is 9.97 Å². The second-order valence-electron chi connectivity index (χ2n) is 2.30. The molecular formula is C7H7ClN2O2. The number of carbonyl (C=O) groups is 1. The minimum absolute atomic E-state index is 0.231. The molecular weight excluding hydrogens is 180 g/mol. The lowest BCUT2D eigenvalue weighted by molar-refractivity contribution is -0.138. The predicted molar refractivity (Wildman–Crippen MR) is 43.1 cm³/mol. The van der Waals surface area contributed by atoms with E-state index in [1.54, 1.807) is 0 Å². The molecule has 0 aliphatic rings. The summed E-state index contributed by atoms with van der Waals surface area (Å²) >= 11 is 5.55. The van der Waals surface area contributed by atoms with Gasteiger partial charge >= 0.3 is 5.97 Å². The quantitative estimate of drug-likeness (QED) is 0.708. The van der Waals surface area contributed by atoms with Crippen molar-refractivity contribution in [2.75, 3.05) is 0 Å². The van der Waals surface area contributed by atoms with E-state index in [1.807, 2.05) is 0 Å². The van der Waals surface area contributed by atoms with Crippen molar-refractivity contribution in [2.45, 2.75) is 12.8 Å². The second kappa shape index (κ2) is 3.49. The minimum atomic E-state index is -0.961. The molecule has 0 saturated heterocycles. The van der Waals surface area contributed by atoms with Gasteiger partial charge in [-0.2, -0.15) is 0 Å². The highest BCUT2D eigenvalue weighted by Gasteiger charge is 2.16. The van der Waals surface area contributed by atoms with Gasteiger partial charge < -0.3 is 5.11 Å². The molecule has 12 heavy (non-hydrogen) atoms. The number of carboxylic acids is 1. The van der Waals surface area contributed by atoms with E-state index in [0.29, 0.717) is 0 Å². The lowest BCUT2D eigenvalue weighted by Gasteiger charge is -2.02. The first-order chi connectivity index (χ1) is 5.61. The van der Waals surface area contributed by atoms with E-state index in [2.05, 4.69) is 9.97 Å². The van der Waals surface area contributed by atoms with E-state index in [0.717, 1.165) is 0 Å². The third-order valence-corrected chi connectivity index (χ3v) is 1.61. The number of hydrogen-bond acceptors (Lipinski definition) is 3. The van der Waals surface area contributed by atoms with E-state index in [9.17, 15) is 4.79 Å². The summed E-state index contributed by atoms with van der Waals surface area (Å²) in [7, 11) is 0. The molecule has 64 valence electrons. The monoisotopic (exact) mass is 186 g/mol. The molecule has 1 N–H and O–H groups in total. The van der Waals surface area contributed by atoms with Crippen molar-refractivity contribution in [2.24, 2.45) is 0 Å². The molecule has 1 atom stereocenters. The smallest absolute Gasteiger partial charge is 0.313 e. The molecule has 0 amide bonds. The van der Waals surface area contributed by atoms with Crippen molar-refractivity contribution >= 4 is 17.6 Å². The molecule has 0 fully saturated rings. The van der Waals surface area contributed by atoms with Crippen LogP contribution < -0.4 is 0 Å². The van der Waals surface area contributed by atoms with Gasteiger partial charge in [-0.1, -0.05) is 11.6 Å². The molecule has 0 aromatic carbocycles. The third kappa shape index (κ3) is 1.92. The van der Waals surface area contributed by atoms with Crippen LogP contribution in [0.5, 0.6) is 0 Å². The molecule has 0 saturated carbocycles. The molecule has 1 rings (SSSR count). The normalized spacial score (nSPS) is 12.5. The molecule has 1 heterocycles. The zero-order valence-corrected chi connectivity index (χ0v) is 7.12. The topological polar surface area (TPSA) is 63.1 Å². The van der Waals surface area contributed by atoms with Crippen molar-refractivity contribution in [3.8, 4) is 0 Å². The van der Waals surface area contributed by atoms with Crippen molar-refractivity contribution < 1.29 is 9.90 Å². The molecule has 0 bridgehead atoms. The zero-order chi connectivity index (χ0) is 9.14. The lowest BCUT2D eigenvalue weighted by Crippen LogP contribution is -2.10. The van der Waals surface area contributed by atoms with Gasteiger partial charge in [0.2, 0.25) is 0 Å². The first-order valence-electron chi connectivity index (χ1n) is 3.32. The fourth-order valence-corrected chi connectivity index (χ4v) is 0.813. The standard InChI is InChI=1S/C7H7ClN2O2/c1-4(7(11)12)6-9-3-2-5(8)10-6/h2-4H,1H3,(H,11,12). The Morgan fingerprint density at radius 2 is 2.42 bits per heavy atom. The maximum Gasteiger partial charge on any atom is 0.313 e. The van der Waals surface area contributed by atoms with Crippen molar-refractivity contribution in [3.05, 3.63) is 23.2 Å². The van der Waals surface area contributed by atoms with Crippen molar-refractivity contribution in [1.82, 2.24) is 9.97 Å². The Morgan fingerprint density at radius 3 is 2.92 bits per heavy atom. The Bertz CT molecular complexity index is 303. The van der Waals surface area contributed by atoms with Crippen LogP contribution in [0, 0.1) is 0 Å². The fourth-order valence-electron chi connectivity index (χ4n) is 0.670. The number of aliphatic carboxylic acids is 1. The molecule has 4 nitrogen and oxygen atoms in total. The maximum absolute atomic E-state index is 10.5. The summed E-state index contributed by atoms with van der Waals surface area (Å²) in [6.07, 6.45) is 1.43. The Labute approximate surface area is 74.2 Å². The average Bonchev–Trinajstić information content (AvgIpc) is 2.03. The average molecular weight is 187 g/mol. The highest BCUT2D eigenvalue weighted by molar-refractivity contribution is 6.29. The Hall–Kier alpha value is -1.16. The second-order valence-corrected chi connectivity index (χ2v) is 2.68. The number of aromatic nitrogens is 2. The summed E-state index contributed by atoms with van der Waals surface area (Å²) in [5.74, 6) is -1.45. The SMILES string of the molecule is CC(C(=O)O)c1nccc(Cl)n1. The molecule has 1 aromatic rings. The van der Waals surface area contributed by atoms with Crippen molar-refractivity contribution in [1.29, 1.82) is 0 Å². The van der Waals surface area contributed by atoms with Crippen LogP contribution in [0.2, 0.25) is 5.15 Å². The summed E-state index contributed by atoms with van der Waals surface area (Å²) in [6.45, 7) is 1.51. The summed E-state index contributed by atoms with van der Waals surface area (Å²) in [6, 6.07) is 1.50. The van der Waals surface area contributed by atoms with Gasteiger partial charge in [0.05, 0.1) is 0 Å². The van der Waals surface area contributed by atoms with Gasteiger partial charge in [0.1, 0.15) is 16.9 Å². The van der Waals surface area contributed by atoms with Gasteiger partial charge in [-0.05, 0) is 13.0 Å². The van der Waals surface area contributed by atoms with Crippen LogP contribution in [0.15, 0.2) is 12.3 Å². The third-order valence-electron chi connectivity index (χ3n) is 1.40. The number of rotatable bonds is 2. The fraction of sp³-hybridized carbons (Fsp3) is 0.286. The van der Waals surface area contributed by atoms with Crippen LogP contribution >= 0.6 is 11.6 Å². The van der Waals surface area contributed by atoms with Crippen LogP contribution in [0.25, 0.3) is 0 Å². The summed E-state index contributed by atoms with van der Waals surface area (Å²) < 4.78 is 0. The summed E-state index contributed by atoms with van der Waals surface area (Å²) in [5.41, 5.74) is 0. The van der Waals surface area contributed by atoms with Crippen LogP contribution in [0.4, 0.5) is 0 Å². The molecule has 0 radical (unpaired) electrons. The number of nitrogens with zero attached hydrogens (tertiary/aromatic N) is 2. The Morgan fingerprint density at radius 1 is 1.75 bits per heavy atom. The molecule has 0 spiro atoms. The van der Waals surface area contributed by atoms with Crippen LogP contribution in [-0.4, -0.2) is 21.0 Å². The highest BCUT2D eigenvalue weighted by Crippen LogP contribution is 2.11. The van der Waals surface area contributed by atoms with E-state index in [1.165, 1.54) is 19.2 Å². The van der Waals surface area contributed by atoms with Crippen LogP contribution in [0.1, 0.15) is 18.7 Å². The molecule has 0 aliphatic carbocycles. The molecule has 1 aromatic heterocycles. The first kappa shape index (κ1) is 8.93. The maximum atomic E-state index is 10.5. The van der Waals surface area contributed by atoms with Crippen LogP contribution in [0.3, 0.4) is 0 Å². The van der Waals surface area contributed by atoms with Gasteiger partial charge in [0.15, 0.2) is 0 Å². The first-order valence-corrected chi connectivity index (χ1v) is 3.70. The zero-order valence-electron chi connectivity index (χ0n) is 6.36. The van der Waals surface area contributed by atoms with Crippen molar-refractivity contribution in [3.63, 3.8) is 0 Å². The highest BCUT2D eigenvalue weighted by atomic mass is 35.5. The minimum Gasteiger partial charge on any atom is -0.481 e. The predicted octanol–water partition coefficient (Wildman–Crippen LogP) is 1.32. The van der Waals surface area contributed by atoms with E-state index in [-0.39, 0.29) is 11.0 Å². The van der Waals surface area contributed by atoms with E-state index >= 15 is 0 Å². The van der Waals surface area contributed by atoms with Gasteiger partial charge in [-0.15, -0.1) is 0 Å². The molecule has 0 aliphatic heterocycles. The summed E-state index contributed by atoms with van der Waals surface area (Å²) in [5, 5.41) is 8.86. The molecule has 5 heteroatoms. The largest absolute Gasteiger partial charge is 0.481 e. The summed E-state index contributed by atoms with van der Waals surface area (Å²) in [4.78, 5) is 18.0. The Balaban J connectivity index is 2.95. The molecule has 1 unspecified atom stereocenters. The van der Waals surface area contributed by atoms with Gasteiger partial charge in [-0.3, -0.25) is 4.79 Å². The Kier molecular flexibility index (Phi) is 2.60. The van der Waals surface area contributed by atoms with Gasteiger partial charge in [0.25, 0.3) is 0 Å². The van der Waals surface area contributed by atoms with E-state index in [4.69, 9.17) is 16.7 Å².